The summed E-state index contributed by atoms with van der Waals surface area (Å²) in [5, 5.41) is 6.02. The van der Waals surface area contributed by atoms with Gasteiger partial charge in [-0.1, -0.05) is 12.1 Å². The Hall–Kier alpha value is -3.24. The van der Waals surface area contributed by atoms with E-state index < -0.39 is 29.9 Å². The lowest BCUT2D eigenvalue weighted by atomic mass is 10.2. The van der Waals surface area contributed by atoms with Crippen LogP contribution >= 0.6 is 0 Å². The highest BCUT2D eigenvalue weighted by Crippen LogP contribution is 2.30. The number of carbonyl (C=O) groups excluding carboxylic acids is 2. The molecule has 0 radical (unpaired) electrons. The van der Waals surface area contributed by atoms with Gasteiger partial charge in [-0.25, -0.2) is 4.79 Å². The molecule has 5 nitrogen and oxygen atoms in total. The summed E-state index contributed by atoms with van der Waals surface area (Å²) in [5.74, 6) is -2.19. The Kier molecular flexibility index (Phi) is 5.62. The van der Waals surface area contributed by atoms with E-state index in [4.69, 9.17) is 0 Å². The van der Waals surface area contributed by atoms with Crippen LogP contribution in [0.1, 0.15) is 5.56 Å². The zero-order valence-corrected chi connectivity index (χ0v) is 13.2. The zero-order chi connectivity index (χ0) is 20.2. The topological polar surface area (TPSA) is 70.2 Å². The summed E-state index contributed by atoms with van der Waals surface area (Å²) in [6.45, 7) is 0. The maximum Gasteiger partial charge on any atom is 0.471 e. The first-order valence-corrected chi connectivity index (χ1v) is 7.18. The van der Waals surface area contributed by atoms with Gasteiger partial charge in [-0.15, -0.1) is 0 Å². The van der Waals surface area contributed by atoms with E-state index in [0.29, 0.717) is 0 Å². The summed E-state index contributed by atoms with van der Waals surface area (Å²) in [6, 6.07) is 7.76. The van der Waals surface area contributed by atoms with E-state index in [1.54, 1.807) is 5.32 Å². The van der Waals surface area contributed by atoms with Crippen LogP contribution in [-0.2, 0) is 11.0 Å². The van der Waals surface area contributed by atoms with Crippen LogP contribution in [0.15, 0.2) is 48.5 Å². The molecule has 0 unspecified atom stereocenters. The minimum Gasteiger partial charge on any atom is -0.318 e. The van der Waals surface area contributed by atoms with E-state index in [1.807, 2.05) is 0 Å². The van der Waals surface area contributed by atoms with Gasteiger partial charge in [-0.05, 0) is 36.4 Å². The van der Waals surface area contributed by atoms with Gasteiger partial charge < -0.3 is 16.0 Å². The Labute approximate surface area is 148 Å². The molecule has 0 saturated carbocycles. The second kappa shape index (κ2) is 7.56. The van der Waals surface area contributed by atoms with Crippen molar-refractivity contribution in [3.63, 3.8) is 0 Å². The summed E-state index contributed by atoms with van der Waals surface area (Å²) < 4.78 is 74.6. The van der Waals surface area contributed by atoms with Crippen LogP contribution in [0.2, 0.25) is 0 Å². The number of alkyl halides is 6. The highest BCUT2D eigenvalue weighted by molar-refractivity contribution is 6.01. The van der Waals surface area contributed by atoms with Crippen LogP contribution < -0.4 is 16.0 Å². The molecule has 2 rings (SSSR count). The highest BCUT2D eigenvalue weighted by atomic mass is 19.4. The van der Waals surface area contributed by atoms with Crippen LogP contribution in [-0.4, -0.2) is 18.1 Å². The monoisotopic (exact) mass is 391 g/mol. The van der Waals surface area contributed by atoms with Gasteiger partial charge in [-0.3, -0.25) is 4.79 Å². The Morgan fingerprint density at radius 2 is 1.19 bits per heavy atom. The van der Waals surface area contributed by atoms with Crippen molar-refractivity contribution in [2.45, 2.75) is 12.4 Å². The van der Waals surface area contributed by atoms with Crippen LogP contribution in [0.4, 0.5) is 48.2 Å². The first-order valence-electron chi connectivity index (χ1n) is 7.18. The molecule has 0 fully saturated rings. The minimum atomic E-state index is -5.08. The molecule has 0 spiro atoms. The van der Waals surface area contributed by atoms with Gasteiger partial charge in [0.15, 0.2) is 0 Å². The lowest BCUT2D eigenvalue weighted by Gasteiger charge is -2.12. The Bertz CT molecular complexity index is 849. The van der Waals surface area contributed by atoms with Crippen LogP contribution in [0, 0.1) is 0 Å². The third-order valence-electron chi connectivity index (χ3n) is 3.08. The molecule has 0 bridgehead atoms. The maximum absolute atomic E-state index is 12.6. The van der Waals surface area contributed by atoms with E-state index in [2.05, 4.69) is 10.6 Å². The van der Waals surface area contributed by atoms with Crippen LogP contribution in [0.5, 0.6) is 0 Å². The van der Waals surface area contributed by atoms with Crippen molar-refractivity contribution in [3.8, 4) is 0 Å². The molecule has 144 valence electrons. The lowest BCUT2D eigenvalue weighted by Crippen LogP contribution is -2.30. The van der Waals surface area contributed by atoms with Crippen molar-refractivity contribution in [1.29, 1.82) is 0 Å². The van der Waals surface area contributed by atoms with Gasteiger partial charge >= 0.3 is 24.3 Å². The summed E-state index contributed by atoms with van der Waals surface area (Å²) in [4.78, 5) is 22.8. The van der Waals surface area contributed by atoms with Crippen molar-refractivity contribution in [2.75, 3.05) is 16.0 Å². The van der Waals surface area contributed by atoms with E-state index in [9.17, 15) is 35.9 Å². The second-order valence-corrected chi connectivity index (χ2v) is 5.19. The average molecular weight is 391 g/mol. The summed E-state index contributed by atoms with van der Waals surface area (Å²) in [5.41, 5.74) is -1.31. The highest BCUT2D eigenvalue weighted by Gasteiger charge is 2.38. The molecule has 0 saturated heterocycles. The smallest absolute Gasteiger partial charge is 0.318 e. The van der Waals surface area contributed by atoms with Crippen molar-refractivity contribution in [2.24, 2.45) is 0 Å². The molecular formula is C16H11F6N3O2. The molecule has 0 atom stereocenters. The fraction of sp³-hybridized carbons (Fsp3) is 0.125. The van der Waals surface area contributed by atoms with Crippen molar-refractivity contribution in [3.05, 3.63) is 54.1 Å². The molecule has 0 heterocycles. The number of halogens is 6. The normalized spacial score (nSPS) is 11.6. The van der Waals surface area contributed by atoms with Gasteiger partial charge in [0.2, 0.25) is 0 Å². The molecule has 3 N–H and O–H groups in total. The largest absolute Gasteiger partial charge is 0.471 e. The van der Waals surface area contributed by atoms with Crippen molar-refractivity contribution >= 4 is 29.0 Å². The van der Waals surface area contributed by atoms with Gasteiger partial charge in [0.05, 0.1) is 5.56 Å². The first kappa shape index (κ1) is 20.1. The number of amides is 3. The molecule has 2 aromatic carbocycles. The molecule has 2 aromatic rings. The number of carbonyl (C=O) groups is 2. The molecule has 0 aliphatic carbocycles. The molecule has 11 heteroatoms. The Morgan fingerprint density at radius 3 is 1.70 bits per heavy atom. The predicted molar refractivity (Wildman–Crippen MR) is 85.2 cm³/mol. The predicted octanol–water partition coefficient (Wildman–Crippen LogP) is 4.85. The fourth-order valence-corrected chi connectivity index (χ4v) is 1.94. The average Bonchev–Trinajstić information content (AvgIpc) is 2.53. The minimum absolute atomic E-state index is 0.0134. The third-order valence-corrected chi connectivity index (χ3v) is 3.08. The Balaban J connectivity index is 2.04. The van der Waals surface area contributed by atoms with E-state index in [0.717, 1.165) is 24.3 Å². The number of hydrogen-bond donors (Lipinski definition) is 3. The standard InChI is InChI=1S/C16H11F6N3O2/c17-15(18,19)9-3-1-4-10(7-9)24-14(27)25-12-6-2-5-11(8-12)23-13(26)16(20,21)22/h1-8H,(H,23,26)(H2,24,25,27). The lowest BCUT2D eigenvalue weighted by molar-refractivity contribution is -0.167. The number of anilines is 3. The van der Waals surface area contributed by atoms with Gasteiger partial charge in [0.25, 0.3) is 0 Å². The molecular weight excluding hydrogens is 380 g/mol. The fourth-order valence-electron chi connectivity index (χ4n) is 1.94. The number of benzene rings is 2. The quantitative estimate of drug-likeness (QED) is 0.655. The van der Waals surface area contributed by atoms with E-state index in [-0.39, 0.29) is 17.1 Å². The molecule has 0 aliphatic heterocycles. The van der Waals surface area contributed by atoms with Gasteiger partial charge in [0.1, 0.15) is 0 Å². The maximum atomic E-state index is 12.6. The van der Waals surface area contributed by atoms with E-state index >= 15 is 0 Å². The SMILES string of the molecule is O=C(Nc1cccc(NC(=O)C(F)(F)F)c1)Nc1cccc(C(F)(F)F)c1. The summed E-state index contributed by atoms with van der Waals surface area (Å²) in [7, 11) is 0. The zero-order valence-electron chi connectivity index (χ0n) is 13.2. The van der Waals surface area contributed by atoms with Crippen LogP contribution in [0.25, 0.3) is 0 Å². The van der Waals surface area contributed by atoms with Crippen LogP contribution in [0.3, 0.4) is 0 Å². The van der Waals surface area contributed by atoms with Crippen molar-refractivity contribution in [1.82, 2.24) is 0 Å². The summed E-state index contributed by atoms with van der Waals surface area (Å²) in [6.07, 6.45) is -9.66. The van der Waals surface area contributed by atoms with Gasteiger partial charge in [-0.2, -0.15) is 26.3 Å². The third kappa shape index (κ3) is 5.90. The number of hydrogen-bond acceptors (Lipinski definition) is 2. The van der Waals surface area contributed by atoms with Crippen molar-refractivity contribution < 1.29 is 35.9 Å². The molecule has 0 aliphatic rings. The number of nitrogens with one attached hydrogen (secondary N) is 3. The Morgan fingerprint density at radius 1 is 0.704 bits per heavy atom. The molecule has 3 amide bonds. The molecule has 0 aromatic heterocycles. The number of rotatable bonds is 3. The summed E-state index contributed by atoms with van der Waals surface area (Å²) >= 11 is 0. The second-order valence-electron chi connectivity index (χ2n) is 5.19. The molecule has 27 heavy (non-hydrogen) atoms. The first-order chi connectivity index (χ1) is 12.4. The van der Waals surface area contributed by atoms with E-state index in [1.165, 1.54) is 24.3 Å². The van der Waals surface area contributed by atoms with Gasteiger partial charge in [0, 0.05) is 17.1 Å². The number of urea groups is 1.